The van der Waals surface area contributed by atoms with Crippen LogP contribution in [0.15, 0.2) is 34.8 Å². The summed E-state index contributed by atoms with van der Waals surface area (Å²) >= 11 is 3.44. The van der Waals surface area contributed by atoms with Crippen molar-refractivity contribution in [2.24, 2.45) is 5.92 Å². The molecule has 0 aliphatic carbocycles. The van der Waals surface area contributed by atoms with Crippen molar-refractivity contribution in [3.05, 3.63) is 40.4 Å². The first-order valence-electron chi connectivity index (χ1n) is 4.12. The molecule has 0 fully saturated rings. The summed E-state index contributed by atoms with van der Waals surface area (Å²) in [4.78, 5) is 0. The summed E-state index contributed by atoms with van der Waals surface area (Å²) in [6.07, 6.45) is 4.34. The molecule has 1 aromatic rings. The molecular formula is C11H13Br. The van der Waals surface area contributed by atoms with Gasteiger partial charge in [0, 0.05) is 4.47 Å². The second-order valence-electron chi connectivity index (χ2n) is 3.16. The van der Waals surface area contributed by atoms with Gasteiger partial charge in [-0.25, -0.2) is 0 Å². The van der Waals surface area contributed by atoms with Crippen LogP contribution in [0.3, 0.4) is 0 Å². The Kier molecular flexibility index (Phi) is 3.54. The minimum absolute atomic E-state index is 0.615. The maximum Gasteiger partial charge on any atom is 0.0181 e. The van der Waals surface area contributed by atoms with E-state index in [1.54, 1.807) is 0 Å². The molecule has 0 aromatic heterocycles. The van der Waals surface area contributed by atoms with E-state index in [1.807, 2.05) is 12.1 Å². The molecule has 12 heavy (non-hydrogen) atoms. The number of rotatable bonds is 2. The summed E-state index contributed by atoms with van der Waals surface area (Å²) in [6, 6.07) is 8.29. The van der Waals surface area contributed by atoms with Crippen LogP contribution in [-0.2, 0) is 0 Å². The van der Waals surface area contributed by atoms with Gasteiger partial charge < -0.3 is 0 Å². The summed E-state index contributed by atoms with van der Waals surface area (Å²) < 4.78 is 1.13. The molecule has 0 aliphatic heterocycles. The van der Waals surface area contributed by atoms with Crippen molar-refractivity contribution in [2.75, 3.05) is 0 Å². The van der Waals surface area contributed by atoms with Crippen LogP contribution >= 0.6 is 15.9 Å². The van der Waals surface area contributed by atoms with Crippen molar-refractivity contribution in [3.63, 3.8) is 0 Å². The van der Waals surface area contributed by atoms with Gasteiger partial charge in [0.05, 0.1) is 0 Å². The van der Waals surface area contributed by atoms with E-state index < -0.39 is 0 Å². The fourth-order valence-electron chi connectivity index (χ4n) is 0.914. The first-order chi connectivity index (χ1) is 5.68. The minimum Gasteiger partial charge on any atom is -0.0814 e. The summed E-state index contributed by atoms with van der Waals surface area (Å²) in [5.74, 6) is 0.615. The van der Waals surface area contributed by atoms with E-state index in [0.717, 1.165) is 4.47 Å². The van der Waals surface area contributed by atoms with Gasteiger partial charge in [0.15, 0.2) is 0 Å². The normalized spacial score (nSPS) is 11.3. The molecule has 0 N–H and O–H groups in total. The van der Waals surface area contributed by atoms with Crippen LogP contribution in [0.5, 0.6) is 0 Å². The van der Waals surface area contributed by atoms with Crippen LogP contribution in [0, 0.1) is 5.92 Å². The van der Waals surface area contributed by atoms with Gasteiger partial charge in [0.2, 0.25) is 0 Å². The standard InChI is InChI=1S/C11H13Br/c1-9(2)6-7-10-4-3-5-11(12)8-10/h3-9H,1-2H3/b7-6+. The molecule has 0 unspecified atom stereocenters. The number of hydrogen-bond acceptors (Lipinski definition) is 0. The smallest absolute Gasteiger partial charge is 0.0181 e. The second-order valence-corrected chi connectivity index (χ2v) is 4.07. The zero-order valence-corrected chi connectivity index (χ0v) is 9.01. The number of hydrogen-bond donors (Lipinski definition) is 0. The molecule has 0 nitrogen and oxygen atoms in total. The number of benzene rings is 1. The Bertz CT molecular complexity index is 274. The van der Waals surface area contributed by atoms with Gasteiger partial charge in [0.1, 0.15) is 0 Å². The van der Waals surface area contributed by atoms with Crippen molar-refractivity contribution >= 4 is 22.0 Å². The third kappa shape index (κ3) is 3.22. The average molecular weight is 225 g/mol. The third-order valence-corrected chi connectivity index (χ3v) is 2.02. The lowest BCUT2D eigenvalue weighted by molar-refractivity contribution is 0.836. The molecule has 0 radical (unpaired) electrons. The van der Waals surface area contributed by atoms with Gasteiger partial charge in [-0.05, 0) is 23.6 Å². The quantitative estimate of drug-likeness (QED) is 0.710. The Labute approximate surface area is 82.4 Å². The van der Waals surface area contributed by atoms with E-state index in [2.05, 4.69) is 54.1 Å². The topological polar surface area (TPSA) is 0 Å². The number of allylic oxidation sites excluding steroid dienone is 1. The first kappa shape index (κ1) is 9.53. The molecular weight excluding hydrogens is 212 g/mol. The molecule has 0 bridgehead atoms. The summed E-state index contributed by atoms with van der Waals surface area (Å²) in [6.45, 7) is 4.35. The van der Waals surface area contributed by atoms with Crippen LogP contribution in [0.1, 0.15) is 19.4 Å². The predicted octanol–water partition coefficient (Wildman–Crippen LogP) is 4.12. The van der Waals surface area contributed by atoms with Crippen molar-refractivity contribution in [2.45, 2.75) is 13.8 Å². The first-order valence-corrected chi connectivity index (χ1v) is 4.91. The van der Waals surface area contributed by atoms with Gasteiger partial charge >= 0.3 is 0 Å². The van der Waals surface area contributed by atoms with E-state index in [9.17, 15) is 0 Å². The zero-order chi connectivity index (χ0) is 8.97. The van der Waals surface area contributed by atoms with Crippen molar-refractivity contribution in [1.82, 2.24) is 0 Å². The lowest BCUT2D eigenvalue weighted by Crippen LogP contribution is -1.77. The van der Waals surface area contributed by atoms with Gasteiger partial charge in [-0.1, -0.05) is 54.1 Å². The van der Waals surface area contributed by atoms with Crippen molar-refractivity contribution < 1.29 is 0 Å². The van der Waals surface area contributed by atoms with E-state index in [0.29, 0.717) is 5.92 Å². The van der Waals surface area contributed by atoms with Gasteiger partial charge in [-0.15, -0.1) is 0 Å². The Morgan fingerprint density at radius 2 is 2.08 bits per heavy atom. The molecule has 0 saturated carbocycles. The highest BCUT2D eigenvalue weighted by atomic mass is 79.9. The summed E-state index contributed by atoms with van der Waals surface area (Å²) in [5.41, 5.74) is 1.25. The lowest BCUT2D eigenvalue weighted by Gasteiger charge is -1.96. The number of halogens is 1. The largest absolute Gasteiger partial charge is 0.0814 e. The minimum atomic E-state index is 0.615. The Balaban J connectivity index is 2.76. The SMILES string of the molecule is CC(C)/C=C/c1cccc(Br)c1. The molecule has 0 atom stereocenters. The van der Waals surface area contributed by atoms with E-state index in [4.69, 9.17) is 0 Å². The molecule has 0 aliphatic rings. The molecule has 1 rings (SSSR count). The van der Waals surface area contributed by atoms with Crippen LogP contribution in [0.4, 0.5) is 0 Å². The highest BCUT2D eigenvalue weighted by Gasteiger charge is 1.89. The Morgan fingerprint density at radius 1 is 1.33 bits per heavy atom. The van der Waals surface area contributed by atoms with Crippen LogP contribution in [0.25, 0.3) is 6.08 Å². The van der Waals surface area contributed by atoms with E-state index >= 15 is 0 Å². The third-order valence-electron chi connectivity index (χ3n) is 1.52. The molecule has 1 heteroatoms. The summed E-state index contributed by atoms with van der Waals surface area (Å²) in [5, 5.41) is 0. The van der Waals surface area contributed by atoms with Crippen LogP contribution in [0.2, 0.25) is 0 Å². The predicted molar refractivity (Wildman–Crippen MR) is 58.0 cm³/mol. The maximum atomic E-state index is 3.44. The molecule has 1 aromatic carbocycles. The molecule has 0 saturated heterocycles. The van der Waals surface area contributed by atoms with Crippen molar-refractivity contribution in [1.29, 1.82) is 0 Å². The van der Waals surface area contributed by atoms with Crippen LogP contribution < -0.4 is 0 Å². The van der Waals surface area contributed by atoms with Crippen molar-refractivity contribution in [3.8, 4) is 0 Å². The van der Waals surface area contributed by atoms with E-state index in [-0.39, 0.29) is 0 Å². The fourth-order valence-corrected chi connectivity index (χ4v) is 1.33. The molecule has 64 valence electrons. The Morgan fingerprint density at radius 3 is 2.67 bits per heavy atom. The zero-order valence-electron chi connectivity index (χ0n) is 7.42. The molecule has 0 amide bonds. The summed E-state index contributed by atoms with van der Waals surface area (Å²) in [7, 11) is 0. The average Bonchev–Trinajstić information content (AvgIpc) is 2.01. The second kappa shape index (κ2) is 4.46. The molecule has 0 spiro atoms. The van der Waals surface area contributed by atoms with Gasteiger partial charge in [-0.2, -0.15) is 0 Å². The Hall–Kier alpha value is -0.560. The lowest BCUT2D eigenvalue weighted by atomic mass is 10.1. The highest BCUT2D eigenvalue weighted by Crippen LogP contribution is 2.13. The van der Waals surface area contributed by atoms with E-state index in [1.165, 1.54) is 5.56 Å². The van der Waals surface area contributed by atoms with Gasteiger partial charge in [0.25, 0.3) is 0 Å². The fraction of sp³-hybridized carbons (Fsp3) is 0.273. The van der Waals surface area contributed by atoms with Gasteiger partial charge in [-0.3, -0.25) is 0 Å². The molecule has 0 heterocycles. The maximum absolute atomic E-state index is 3.44. The van der Waals surface area contributed by atoms with Crippen LogP contribution in [-0.4, -0.2) is 0 Å². The monoisotopic (exact) mass is 224 g/mol. The highest BCUT2D eigenvalue weighted by molar-refractivity contribution is 9.10.